The summed E-state index contributed by atoms with van der Waals surface area (Å²) in [5.41, 5.74) is 27.6. The number of fused-ring (bicyclic) bond motifs is 20. The van der Waals surface area contributed by atoms with Crippen molar-refractivity contribution in [2.24, 2.45) is 0 Å². The van der Waals surface area contributed by atoms with Gasteiger partial charge in [-0.1, -0.05) is 368 Å². The summed E-state index contributed by atoms with van der Waals surface area (Å²) >= 11 is 3.47. The van der Waals surface area contributed by atoms with Crippen molar-refractivity contribution >= 4 is 50.3 Å². The number of hydrogen-bond acceptors (Lipinski definition) is 12. The minimum absolute atomic E-state index is 0.438. The molecule has 0 bridgehead atoms. The van der Waals surface area contributed by atoms with Gasteiger partial charge in [0.15, 0.2) is 34.9 Å². The second-order valence-electron chi connectivity index (χ2n) is 34.3. The van der Waals surface area contributed by atoms with Crippen molar-refractivity contribution in [3.8, 4) is 147 Å². The lowest BCUT2D eigenvalue weighted by Crippen LogP contribution is -2.41. The van der Waals surface area contributed by atoms with E-state index in [1.807, 2.05) is 170 Å². The van der Waals surface area contributed by atoms with Crippen LogP contribution in [0.5, 0.6) is 23.0 Å². The van der Waals surface area contributed by atoms with E-state index in [2.05, 4.69) is 291 Å². The van der Waals surface area contributed by atoms with Crippen LogP contribution in [0.2, 0.25) is 0 Å². The number of para-hydroxylation sites is 2. The van der Waals surface area contributed by atoms with Crippen molar-refractivity contribution in [1.29, 1.82) is 0 Å². The van der Waals surface area contributed by atoms with Crippen LogP contribution in [0.4, 0.5) is 0 Å². The first-order chi connectivity index (χ1) is 63.8. The molecule has 25 rings (SSSR count). The first-order valence-corrected chi connectivity index (χ1v) is 44.6. The van der Waals surface area contributed by atoms with E-state index in [4.69, 9.17) is 53.7 Å². The number of hydrogen-bond donors (Lipinski definition) is 0. The lowest BCUT2D eigenvalue weighted by Gasteiger charge is -2.39. The zero-order valence-corrected chi connectivity index (χ0v) is 73.0. The van der Waals surface area contributed by atoms with E-state index >= 15 is 0 Å². The molecule has 12 nitrogen and oxygen atoms in total. The Balaban J connectivity index is 0.000000121. The summed E-state index contributed by atoms with van der Waals surface area (Å²) in [5, 5.41) is 2.22. The average molecular weight is 1740 g/mol. The Morgan fingerprint density at radius 3 is 0.877 bits per heavy atom. The summed E-state index contributed by atoms with van der Waals surface area (Å²) in [6.45, 7) is 8.35. The van der Waals surface area contributed by atoms with Gasteiger partial charge in [-0.15, -0.1) is 0 Å². The van der Waals surface area contributed by atoms with Crippen LogP contribution < -0.4 is 14.9 Å². The third-order valence-corrected chi connectivity index (χ3v) is 26.8. The second-order valence-corrected chi connectivity index (χ2v) is 35.2. The Kier molecular flexibility index (Phi) is 19.5. The monoisotopic (exact) mass is 1740 g/mol. The zero-order chi connectivity index (χ0) is 87.2. The number of halogens is 1. The van der Waals surface area contributed by atoms with Crippen molar-refractivity contribution in [3.63, 3.8) is 0 Å². The highest BCUT2D eigenvalue weighted by Crippen LogP contribution is 2.65. The van der Waals surface area contributed by atoms with E-state index in [0.717, 1.165) is 144 Å². The summed E-state index contributed by atoms with van der Waals surface area (Å²) in [6, 6.07) is 139. The summed E-state index contributed by atoms with van der Waals surface area (Å²) in [4.78, 5) is 38.4. The number of nitrogens with zero attached hydrogens (tertiary/aromatic N) is 8. The minimum atomic E-state index is -0.570. The zero-order valence-electron chi connectivity index (χ0n) is 71.4. The van der Waals surface area contributed by atoms with Crippen LogP contribution in [0.25, 0.3) is 146 Å². The molecule has 0 radical (unpaired) electrons. The number of benzene rings is 16. The van der Waals surface area contributed by atoms with E-state index < -0.39 is 29.2 Å². The predicted molar refractivity (Wildman–Crippen MR) is 524 cm³/mol. The van der Waals surface area contributed by atoms with Gasteiger partial charge in [-0.05, 0) is 148 Å². The number of rotatable bonds is 10. The molecule has 0 unspecified atom stereocenters. The molecule has 1 fully saturated rings. The third kappa shape index (κ3) is 13.5. The molecular formula is C116H80BBrN8O4. The fourth-order valence-corrected chi connectivity index (χ4v) is 19.7. The molecule has 0 N–H and O–H groups in total. The fourth-order valence-electron chi connectivity index (χ4n) is 19.4. The largest absolute Gasteiger partial charge is 0.494 e. The van der Waals surface area contributed by atoms with Crippen molar-refractivity contribution in [2.75, 3.05) is 0 Å². The van der Waals surface area contributed by atoms with Gasteiger partial charge in [0.05, 0.1) is 33.1 Å². The Morgan fingerprint density at radius 1 is 0.231 bits per heavy atom. The van der Waals surface area contributed by atoms with Crippen LogP contribution in [0, 0.1) is 0 Å². The molecule has 130 heavy (non-hydrogen) atoms. The van der Waals surface area contributed by atoms with Gasteiger partial charge in [0, 0.05) is 94.4 Å². The Bertz CT molecular complexity index is 7610. The van der Waals surface area contributed by atoms with Crippen LogP contribution in [-0.4, -0.2) is 58.2 Å². The highest BCUT2D eigenvalue weighted by Gasteiger charge is 2.55. The smallest absolute Gasteiger partial charge is 0.457 e. The van der Waals surface area contributed by atoms with Gasteiger partial charge in [0.1, 0.15) is 23.0 Å². The maximum atomic E-state index is 7.09. The van der Waals surface area contributed by atoms with Crippen molar-refractivity contribution < 1.29 is 18.8 Å². The van der Waals surface area contributed by atoms with Gasteiger partial charge in [0.2, 0.25) is 0 Å². The van der Waals surface area contributed by atoms with Gasteiger partial charge < -0.3 is 18.8 Å². The molecule has 618 valence electrons. The molecule has 0 saturated carbocycles. The average Bonchev–Trinajstić information content (AvgIpc) is 1.47. The van der Waals surface area contributed by atoms with Crippen LogP contribution in [0.1, 0.15) is 72.2 Å². The lowest BCUT2D eigenvalue weighted by atomic mass is 9.65. The van der Waals surface area contributed by atoms with Crippen molar-refractivity contribution in [3.05, 3.63) is 462 Å². The maximum absolute atomic E-state index is 7.09. The van der Waals surface area contributed by atoms with Crippen molar-refractivity contribution in [2.45, 2.75) is 49.7 Å². The van der Waals surface area contributed by atoms with Crippen LogP contribution in [0.15, 0.2) is 417 Å². The van der Waals surface area contributed by atoms with E-state index in [1.54, 1.807) is 0 Å². The molecule has 0 atom stereocenters. The third-order valence-electron chi connectivity index (χ3n) is 26.3. The minimum Gasteiger partial charge on any atom is -0.457 e. The Labute approximate surface area is 762 Å². The molecule has 3 aliphatic heterocycles. The summed E-state index contributed by atoms with van der Waals surface area (Å²) < 4.78 is 28.0. The van der Waals surface area contributed by atoms with Crippen LogP contribution in [-0.2, 0) is 20.1 Å². The highest BCUT2D eigenvalue weighted by atomic mass is 79.9. The van der Waals surface area contributed by atoms with Crippen molar-refractivity contribution in [1.82, 2.24) is 39.9 Å². The molecular weight excluding hydrogens is 1660 g/mol. The van der Waals surface area contributed by atoms with Gasteiger partial charge in [0.25, 0.3) is 0 Å². The molecule has 14 heteroatoms. The highest BCUT2D eigenvalue weighted by molar-refractivity contribution is 9.10. The molecule has 0 amide bonds. The molecule has 7 heterocycles. The van der Waals surface area contributed by atoms with Crippen LogP contribution in [0.3, 0.4) is 0 Å². The fraction of sp³-hybridized carbons (Fsp3) is 0.0690. The maximum Gasteiger partial charge on any atom is 0.494 e. The first kappa shape index (κ1) is 79.1. The molecule has 5 aliphatic rings. The first-order valence-electron chi connectivity index (χ1n) is 43.8. The Hall–Kier alpha value is -15.6. The molecule has 20 aromatic rings. The topological polar surface area (TPSA) is 140 Å². The number of aromatic nitrogens is 8. The summed E-state index contributed by atoms with van der Waals surface area (Å²) in [5.74, 6) is 7.24. The SMILES string of the molecule is Brc1ccc(-c2nc(-c3ccccc3)nc(-c3ccccc3)n2)cc1.CC1(C)OB(c2ccc3c(c2)Oc2cc(-c4cccc5cccnc45)ccc2C32c3ccccc3-c3ccccc32)OC1(C)C.c1ccc(-c2nc(-c3ccccc3)nc(-c3ccc(-c4ccc5c(c4)Oc4cc(-c6cccc7cccnc67)ccc4C54c5ccccc5-c5ccccc54)cc3)n2)cc1. The van der Waals surface area contributed by atoms with Crippen LogP contribution >= 0.6 is 15.9 Å². The van der Waals surface area contributed by atoms with Gasteiger partial charge >= 0.3 is 7.12 Å². The predicted octanol–water partition coefficient (Wildman–Crippen LogP) is 27.5. The Morgan fingerprint density at radius 2 is 0.508 bits per heavy atom. The molecule has 2 spiro atoms. The lowest BCUT2D eigenvalue weighted by molar-refractivity contribution is 0.00578. The summed E-state index contributed by atoms with van der Waals surface area (Å²) in [7, 11) is -0.488. The molecule has 1 saturated heterocycles. The van der Waals surface area contributed by atoms with E-state index in [-0.39, 0.29) is 0 Å². The van der Waals surface area contributed by atoms with Gasteiger partial charge in [-0.2, -0.15) is 0 Å². The summed E-state index contributed by atoms with van der Waals surface area (Å²) in [6.07, 6.45) is 3.72. The molecule has 2 aliphatic carbocycles. The normalized spacial score (nSPS) is 14.2. The molecule has 4 aromatic heterocycles. The second kappa shape index (κ2) is 32.1. The van der Waals surface area contributed by atoms with Gasteiger partial charge in [-0.3, -0.25) is 9.97 Å². The van der Waals surface area contributed by atoms with E-state index in [9.17, 15) is 0 Å². The van der Waals surface area contributed by atoms with Gasteiger partial charge in [-0.25, -0.2) is 29.9 Å². The van der Waals surface area contributed by atoms with E-state index in [0.29, 0.717) is 34.9 Å². The molecule has 16 aromatic carbocycles. The quantitative estimate of drug-likeness (QED) is 0.120. The van der Waals surface area contributed by atoms with E-state index in [1.165, 1.54) is 44.5 Å². The standard InChI is InChI=1S/C55H34N4O.C40H32BNO3.C21H14BrN3/c1-3-13-37(14-4-1)52-57-53(38-15-5-2-6-16-38)59-54(58-52)39-26-24-35(25-27-39)40-28-30-47-49(33-40)60-50-34-41(42-21-11-17-36-18-12-32-56-51(36)42)29-31-48(50)55(47)45-22-9-7-19-43(45)44-20-8-10-23-46(44)55;1-38(2)39(3,4)45-41(44-38)27-19-21-34-36(24-27)43-35-23-26(28-15-9-11-25-12-10-22-42-37(25)28)18-20-33(35)40(34)31-16-7-5-13-29(31)30-14-6-8-17-32(30)40;22-18-13-11-17(12-14-18)21-24-19(15-7-3-1-4-8-15)23-20(25-21)16-9-5-2-6-10-16/h1-34H;5-24H,1-4H3;1-14H. The number of ether oxygens (including phenoxy) is 2. The number of pyridine rings is 2.